The highest BCUT2D eigenvalue weighted by Gasteiger charge is 2.01. The molecule has 0 aliphatic carbocycles. The fraction of sp³-hybridized carbons (Fsp3) is 1.00. The van der Waals surface area contributed by atoms with Gasteiger partial charge in [0.2, 0.25) is 0 Å². The molecule has 0 atom stereocenters. The molecule has 3 heteroatoms. The second-order valence-corrected chi connectivity index (χ2v) is 3.01. The van der Waals surface area contributed by atoms with E-state index in [4.69, 9.17) is 0 Å². The molecule has 0 saturated carbocycles. The van der Waals surface area contributed by atoms with Crippen LogP contribution in [0.4, 0.5) is 0 Å². The Labute approximate surface area is 76.4 Å². The van der Waals surface area contributed by atoms with E-state index in [0.717, 1.165) is 4.48 Å². The number of hydrogen-bond acceptors (Lipinski definition) is 0. The first kappa shape index (κ1) is 16.9. The van der Waals surface area contributed by atoms with Crippen LogP contribution in [0, 0.1) is 0 Å². The van der Waals surface area contributed by atoms with Crippen LogP contribution in [0.15, 0.2) is 0 Å². The molecule has 66 valence electrons. The first-order valence-electron chi connectivity index (χ1n) is 3.24. The van der Waals surface area contributed by atoms with Crippen molar-refractivity contribution in [1.82, 2.24) is 0 Å². The molecule has 0 N–H and O–H groups in total. The topological polar surface area (TPSA) is 0 Å². The molecule has 0 aromatic heterocycles. The molecule has 0 rings (SSSR count). The number of nitrogens with zero attached hydrogens (tertiary/aromatic N) is 1. The summed E-state index contributed by atoms with van der Waals surface area (Å²) >= 11 is 4.64. The SMILES string of the molecule is CCC[N+](C)(C)C.CCl.[Cl-]. The smallest absolute Gasteiger partial charge is 0.0777 e. The monoisotopic (exact) mass is 187 g/mol. The van der Waals surface area contributed by atoms with E-state index in [2.05, 4.69) is 39.7 Å². The summed E-state index contributed by atoms with van der Waals surface area (Å²) in [5.74, 6) is 0. The van der Waals surface area contributed by atoms with Crippen molar-refractivity contribution < 1.29 is 16.9 Å². The highest BCUT2D eigenvalue weighted by molar-refractivity contribution is 6.15. The van der Waals surface area contributed by atoms with Gasteiger partial charge in [0.15, 0.2) is 0 Å². The summed E-state index contributed by atoms with van der Waals surface area (Å²) in [4.78, 5) is 0. The molecular formula is C7H19Cl2N. The summed E-state index contributed by atoms with van der Waals surface area (Å²) < 4.78 is 1.09. The minimum atomic E-state index is 0. The van der Waals surface area contributed by atoms with E-state index in [9.17, 15) is 0 Å². The van der Waals surface area contributed by atoms with E-state index < -0.39 is 0 Å². The lowest BCUT2D eigenvalue weighted by molar-refractivity contribution is -0.870. The Bertz CT molecular complexity index is 50.1. The van der Waals surface area contributed by atoms with Crippen molar-refractivity contribution in [2.45, 2.75) is 13.3 Å². The van der Waals surface area contributed by atoms with E-state index in [0.29, 0.717) is 0 Å². The molecule has 0 aliphatic rings. The zero-order valence-electron chi connectivity index (χ0n) is 7.62. The van der Waals surface area contributed by atoms with Crippen molar-refractivity contribution in [3.63, 3.8) is 0 Å². The third-order valence-corrected chi connectivity index (χ3v) is 0.894. The van der Waals surface area contributed by atoms with Crippen molar-refractivity contribution in [2.24, 2.45) is 0 Å². The summed E-state index contributed by atoms with van der Waals surface area (Å²) in [6.45, 7) is 3.49. The predicted octanol–water partition coefficient (Wildman–Crippen LogP) is -1.04. The van der Waals surface area contributed by atoms with E-state index in [1.807, 2.05) is 0 Å². The van der Waals surface area contributed by atoms with E-state index in [1.54, 1.807) is 0 Å². The Morgan fingerprint density at radius 1 is 1.10 bits per heavy atom. The zero-order chi connectivity index (χ0) is 7.91. The molecule has 0 aromatic carbocycles. The van der Waals surface area contributed by atoms with Crippen molar-refractivity contribution in [2.75, 3.05) is 34.1 Å². The van der Waals surface area contributed by atoms with Gasteiger partial charge in [-0.15, -0.1) is 11.6 Å². The lowest BCUT2D eigenvalue weighted by atomic mass is 10.4. The zero-order valence-corrected chi connectivity index (χ0v) is 9.13. The largest absolute Gasteiger partial charge is 1.00 e. The van der Waals surface area contributed by atoms with Gasteiger partial charge in [-0.25, -0.2) is 0 Å². The normalized spacial score (nSPS) is 9.00. The fourth-order valence-electron chi connectivity index (χ4n) is 0.671. The van der Waals surface area contributed by atoms with E-state index >= 15 is 0 Å². The summed E-state index contributed by atoms with van der Waals surface area (Å²) in [5, 5.41) is 0. The predicted molar refractivity (Wildman–Crippen MR) is 45.0 cm³/mol. The molecule has 0 spiro atoms. The molecule has 0 unspecified atom stereocenters. The molecule has 10 heavy (non-hydrogen) atoms. The van der Waals surface area contributed by atoms with Crippen LogP contribution in [0.2, 0.25) is 0 Å². The third-order valence-electron chi connectivity index (χ3n) is 0.894. The molecule has 0 fully saturated rings. The quantitative estimate of drug-likeness (QED) is 0.383. The van der Waals surface area contributed by atoms with Crippen LogP contribution in [0.5, 0.6) is 0 Å². The molecule has 0 aliphatic heterocycles. The Morgan fingerprint density at radius 2 is 1.40 bits per heavy atom. The molecular weight excluding hydrogens is 169 g/mol. The second-order valence-electron chi connectivity index (χ2n) is 3.01. The van der Waals surface area contributed by atoms with Gasteiger partial charge in [0.25, 0.3) is 0 Å². The number of rotatable bonds is 2. The third kappa shape index (κ3) is 23.6. The van der Waals surface area contributed by atoms with Crippen LogP contribution in [0.3, 0.4) is 0 Å². The maximum absolute atomic E-state index is 4.64. The van der Waals surface area contributed by atoms with Gasteiger partial charge >= 0.3 is 0 Å². The minimum Gasteiger partial charge on any atom is -1.00 e. The molecule has 0 aromatic rings. The van der Waals surface area contributed by atoms with Gasteiger partial charge < -0.3 is 16.9 Å². The lowest BCUT2D eigenvalue weighted by Crippen LogP contribution is -3.00. The summed E-state index contributed by atoms with van der Waals surface area (Å²) in [5.41, 5.74) is 0. The highest BCUT2D eigenvalue weighted by Crippen LogP contribution is 1.90. The van der Waals surface area contributed by atoms with Gasteiger partial charge in [-0.05, 0) is 6.42 Å². The van der Waals surface area contributed by atoms with Crippen molar-refractivity contribution in [1.29, 1.82) is 0 Å². The molecule has 0 bridgehead atoms. The first-order chi connectivity index (χ1) is 4.06. The Balaban J connectivity index is -0.000000149. The van der Waals surface area contributed by atoms with Crippen LogP contribution >= 0.6 is 11.6 Å². The molecule has 0 amide bonds. The molecule has 1 nitrogen and oxygen atoms in total. The Morgan fingerprint density at radius 3 is 1.40 bits per heavy atom. The first-order valence-corrected chi connectivity index (χ1v) is 4.00. The van der Waals surface area contributed by atoms with Crippen LogP contribution in [0.25, 0.3) is 0 Å². The van der Waals surface area contributed by atoms with Gasteiger partial charge in [0.1, 0.15) is 0 Å². The van der Waals surface area contributed by atoms with Gasteiger partial charge in [-0.2, -0.15) is 0 Å². The van der Waals surface area contributed by atoms with Crippen LogP contribution in [-0.4, -0.2) is 38.6 Å². The van der Waals surface area contributed by atoms with Crippen LogP contribution in [-0.2, 0) is 0 Å². The van der Waals surface area contributed by atoms with Gasteiger partial charge in [-0.3, -0.25) is 0 Å². The van der Waals surface area contributed by atoms with Crippen molar-refractivity contribution in [3.05, 3.63) is 0 Å². The van der Waals surface area contributed by atoms with E-state index in [1.165, 1.54) is 19.3 Å². The number of quaternary nitrogens is 1. The molecule has 0 heterocycles. The second kappa shape index (κ2) is 9.54. The summed E-state index contributed by atoms with van der Waals surface area (Å²) in [6, 6.07) is 0. The van der Waals surface area contributed by atoms with Gasteiger partial charge in [0.05, 0.1) is 27.7 Å². The lowest BCUT2D eigenvalue weighted by Gasteiger charge is -2.22. The van der Waals surface area contributed by atoms with E-state index in [-0.39, 0.29) is 12.4 Å². The Kier molecular flexibility index (Phi) is 16.1. The number of alkyl halides is 1. The maximum Gasteiger partial charge on any atom is 0.0777 e. The van der Waals surface area contributed by atoms with Crippen molar-refractivity contribution in [3.8, 4) is 0 Å². The highest BCUT2D eigenvalue weighted by atomic mass is 35.5. The summed E-state index contributed by atoms with van der Waals surface area (Å²) in [6.07, 6.45) is 2.75. The summed E-state index contributed by atoms with van der Waals surface area (Å²) in [7, 11) is 6.64. The molecule has 0 saturated heterocycles. The number of halogens is 2. The maximum atomic E-state index is 4.64. The number of hydrogen-bond donors (Lipinski definition) is 0. The van der Waals surface area contributed by atoms with Crippen LogP contribution in [0.1, 0.15) is 13.3 Å². The average molecular weight is 188 g/mol. The minimum absolute atomic E-state index is 0. The Hall–Kier alpha value is 0.540. The standard InChI is InChI=1S/C6H16N.CH3Cl.ClH/c1-5-6-7(2,3)4;1-2;/h5-6H2,1-4H3;1H3;1H/q+1;;/p-1. The van der Waals surface area contributed by atoms with Gasteiger partial charge in [0, 0.05) is 6.38 Å². The average Bonchev–Trinajstić information content (AvgIpc) is 1.69. The van der Waals surface area contributed by atoms with Gasteiger partial charge in [-0.1, -0.05) is 6.92 Å². The van der Waals surface area contributed by atoms with Crippen LogP contribution < -0.4 is 12.4 Å². The van der Waals surface area contributed by atoms with Crippen molar-refractivity contribution >= 4 is 11.6 Å². The fourth-order valence-corrected chi connectivity index (χ4v) is 0.671. The molecule has 0 radical (unpaired) electrons.